The van der Waals surface area contributed by atoms with Crippen molar-refractivity contribution in [3.8, 4) is 17.1 Å². The number of amides is 1. The number of thioether (sulfide) groups is 1. The largest absolute Gasteiger partial charge is 0.355 e. The molecule has 0 aliphatic rings. The van der Waals surface area contributed by atoms with Gasteiger partial charge in [0.25, 0.3) is 0 Å². The van der Waals surface area contributed by atoms with E-state index in [0.717, 1.165) is 12.1 Å². The highest BCUT2D eigenvalue weighted by molar-refractivity contribution is 7.99. The zero-order valence-corrected chi connectivity index (χ0v) is 17.6. The average molecular weight is 433 g/mol. The normalized spacial score (nSPS) is 10.7. The summed E-state index contributed by atoms with van der Waals surface area (Å²) in [6.45, 7) is 0.573. The van der Waals surface area contributed by atoms with E-state index in [1.54, 1.807) is 12.1 Å². The van der Waals surface area contributed by atoms with E-state index in [0.29, 0.717) is 23.1 Å². The Morgan fingerprint density at radius 2 is 1.68 bits per heavy atom. The molecule has 0 saturated heterocycles. The van der Waals surface area contributed by atoms with Crippen LogP contribution in [0.2, 0.25) is 0 Å². The van der Waals surface area contributed by atoms with E-state index in [9.17, 15) is 9.18 Å². The molecule has 1 amide bonds. The van der Waals surface area contributed by atoms with Gasteiger partial charge in [0.1, 0.15) is 5.82 Å². The standard InChI is InChI=1S/C24H21FN4OS/c25-20-11-7-10-19(16-20)23-27-28-24(29(23)21-12-5-2-6-13-21)31-17-22(30)26-15-14-18-8-3-1-4-9-18/h1-13,16H,14-15,17H2,(H,26,30). The molecule has 0 spiro atoms. The minimum atomic E-state index is -0.341. The lowest BCUT2D eigenvalue weighted by atomic mass is 10.1. The molecule has 0 fully saturated rings. The van der Waals surface area contributed by atoms with Crippen LogP contribution in [-0.2, 0) is 11.2 Å². The van der Waals surface area contributed by atoms with Gasteiger partial charge in [-0.15, -0.1) is 10.2 Å². The van der Waals surface area contributed by atoms with Gasteiger partial charge in [-0.25, -0.2) is 4.39 Å². The summed E-state index contributed by atoms with van der Waals surface area (Å²) in [4.78, 5) is 12.3. The van der Waals surface area contributed by atoms with Gasteiger partial charge >= 0.3 is 0 Å². The van der Waals surface area contributed by atoms with Crippen LogP contribution in [0.5, 0.6) is 0 Å². The third-order valence-corrected chi connectivity index (χ3v) is 5.57. The molecule has 0 radical (unpaired) electrons. The second kappa shape index (κ2) is 10.0. The van der Waals surface area contributed by atoms with Gasteiger partial charge in [-0.1, -0.05) is 72.4 Å². The zero-order chi connectivity index (χ0) is 21.5. The first-order chi connectivity index (χ1) is 15.2. The Balaban J connectivity index is 1.47. The Morgan fingerprint density at radius 3 is 2.42 bits per heavy atom. The number of nitrogens with one attached hydrogen (secondary N) is 1. The van der Waals surface area contributed by atoms with Crippen LogP contribution in [0.25, 0.3) is 17.1 Å². The highest BCUT2D eigenvalue weighted by Crippen LogP contribution is 2.28. The first-order valence-electron chi connectivity index (χ1n) is 9.91. The maximum atomic E-state index is 13.8. The quantitative estimate of drug-likeness (QED) is 0.416. The lowest BCUT2D eigenvalue weighted by Crippen LogP contribution is -2.27. The lowest BCUT2D eigenvalue weighted by molar-refractivity contribution is -0.118. The monoisotopic (exact) mass is 432 g/mol. The number of aromatic nitrogens is 3. The summed E-state index contributed by atoms with van der Waals surface area (Å²) in [5.74, 6) is 0.323. The molecule has 0 aliphatic heterocycles. The summed E-state index contributed by atoms with van der Waals surface area (Å²) >= 11 is 1.30. The van der Waals surface area contributed by atoms with Gasteiger partial charge in [0.2, 0.25) is 5.91 Å². The van der Waals surface area contributed by atoms with Gasteiger partial charge in [-0.3, -0.25) is 9.36 Å². The zero-order valence-electron chi connectivity index (χ0n) is 16.7. The molecular weight excluding hydrogens is 411 g/mol. The van der Waals surface area contributed by atoms with Crippen LogP contribution in [-0.4, -0.2) is 33.0 Å². The lowest BCUT2D eigenvalue weighted by Gasteiger charge is -2.10. The van der Waals surface area contributed by atoms with Gasteiger partial charge in [-0.05, 0) is 36.2 Å². The molecule has 0 aliphatic carbocycles. The fourth-order valence-corrected chi connectivity index (χ4v) is 3.94. The highest BCUT2D eigenvalue weighted by atomic mass is 32.2. The Morgan fingerprint density at radius 1 is 0.935 bits per heavy atom. The van der Waals surface area contributed by atoms with Crippen molar-refractivity contribution >= 4 is 17.7 Å². The molecule has 156 valence electrons. The second-order valence-corrected chi connectivity index (χ2v) is 7.80. The molecule has 1 heterocycles. The molecule has 0 saturated carbocycles. The van der Waals surface area contributed by atoms with E-state index in [-0.39, 0.29) is 17.5 Å². The minimum absolute atomic E-state index is 0.0733. The van der Waals surface area contributed by atoms with Crippen molar-refractivity contribution in [3.63, 3.8) is 0 Å². The van der Waals surface area contributed by atoms with Crippen molar-refractivity contribution < 1.29 is 9.18 Å². The number of rotatable bonds is 8. The highest BCUT2D eigenvalue weighted by Gasteiger charge is 2.17. The van der Waals surface area contributed by atoms with Crippen LogP contribution in [0, 0.1) is 5.82 Å². The Hall–Kier alpha value is -3.45. The van der Waals surface area contributed by atoms with Gasteiger partial charge in [0.05, 0.1) is 5.75 Å². The van der Waals surface area contributed by atoms with E-state index in [2.05, 4.69) is 15.5 Å². The van der Waals surface area contributed by atoms with Crippen molar-refractivity contribution in [2.24, 2.45) is 0 Å². The number of para-hydroxylation sites is 1. The molecule has 7 heteroatoms. The van der Waals surface area contributed by atoms with Gasteiger partial charge < -0.3 is 5.32 Å². The van der Waals surface area contributed by atoms with E-state index < -0.39 is 0 Å². The van der Waals surface area contributed by atoms with Crippen molar-refractivity contribution in [3.05, 3.63) is 96.3 Å². The van der Waals surface area contributed by atoms with E-state index >= 15 is 0 Å². The number of hydrogen-bond donors (Lipinski definition) is 1. The minimum Gasteiger partial charge on any atom is -0.355 e. The smallest absolute Gasteiger partial charge is 0.230 e. The Labute approximate surface area is 184 Å². The third-order valence-electron chi connectivity index (χ3n) is 4.64. The molecule has 3 aromatic carbocycles. The Bertz CT molecular complexity index is 1150. The van der Waals surface area contributed by atoms with Crippen molar-refractivity contribution in [2.45, 2.75) is 11.6 Å². The van der Waals surface area contributed by atoms with Crippen LogP contribution in [0.15, 0.2) is 90.1 Å². The van der Waals surface area contributed by atoms with Crippen molar-refractivity contribution in [1.82, 2.24) is 20.1 Å². The van der Waals surface area contributed by atoms with Crippen LogP contribution < -0.4 is 5.32 Å². The maximum Gasteiger partial charge on any atom is 0.230 e. The number of carbonyl (C=O) groups excluding carboxylic acids is 1. The number of carbonyl (C=O) groups is 1. The van der Waals surface area contributed by atoms with Crippen LogP contribution in [0.3, 0.4) is 0 Å². The first kappa shape index (κ1) is 20.8. The number of halogens is 1. The molecule has 1 N–H and O–H groups in total. The van der Waals surface area contributed by atoms with Crippen molar-refractivity contribution in [2.75, 3.05) is 12.3 Å². The molecule has 0 bridgehead atoms. The molecule has 4 rings (SSSR count). The fraction of sp³-hybridized carbons (Fsp3) is 0.125. The number of benzene rings is 3. The molecule has 1 aromatic heterocycles. The van der Waals surface area contributed by atoms with Crippen molar-refractivity contribution in [1.29, 1.82) is 0 Å². The SMILES string of the molecule is O=C(CSc1nnc(-c2cccc(F)c2)n1-c1ccccc1)NCCc1ccccc1. The summed E-state index contributed by atoms with van der Waals surface area (Å²) in [7, 11) is 0. The number of hydrogen-bond acceptors (Lipinski definition) is 4. The number of nitrogens with zero attached hydrogens (tertiary/aromatic N) is 3. The predicted octanol–water partition coefficient (Wildman–Crippen LogP) is 4.52. The summed E-state index contributed by atoms with van der Waals surface area (Å²) in [5, 5.41) is 12.1. The predicted molar refractivity (Wildman–Crippen MR) is 121 cm³/mol. The Kier molecular flexibility index (Phi) is 6.74. The summed E-state index contributed by atoms with van der Waals surface area (Å²) in [6.07, 6.45) is 0.779. The van der Waals surface area contributed by atoms with E-state index in [1.807, 2.05) is 65.2 Å². The fourth-order valence-electron chi connectivity index (χ4n) is 3.16. The first-order valence-corrected chi connectivity index (χ1v) is 10.9. The van der Waals surface area contributed by atoms with Crippen LogP contribution in [0.1, 0.15) is 5.56 Å². The molecule has 31 heavy (non-hydrogen) atoms. The topological polar surface area (TPSA) is 59.8 Å². The van der Waals surface area contributed by atoms with Gasteiger partial charge in [0.15, 0.2) is 11.0 Å². The molecule has 0 atom stereocenters. The summed E-state index contributed by atoms with van der Waals surface area (Å²) in [6, 6.07) is 25.9. The van der Waals surface area contributed by atoms with Gasteiger partial charge in [-0.2, -0.15) is 0 Å². The second-order valence-electron chi connectivity index (χ2n) is 6.86. The molecule has 0 unspecified atom stereocenters. The summed E-state index contributed by atoms with van der Waals surface area (Å²) < 4.78 is 15.6. The molecule has 5 nitrogen and oxygen atoms in total. The third kappa shape index (κ3) is 5.38. The maximum absolute atomic E-state index is 13.8. The van der Waals surface area contributed by atoms with E-state index in [1.165, 1.54) is 29.5 Å². The average Bonchev–Trinajstić information content (AvgIpc) is 3.23. The molecular formula is C24H21FN4OS. The summed E-state index contributed by atoms with van der Waals surface area (Å²) in [5.41, 5.74) is 2.65. The van der Waals surface area contributed by atoms with Crippen LogP contribution >= 0.6 is 11.8 Å². The van der Waals surface area contributed by atoms with Gasteiger partial charge in [0, 0.05) is 17.8 Å². The molecule has 4 aromatic rings. The van der Waals surface area contributed by atoms with E-state index in [4.69, 9.17) is 0 Å². The van der Waals surface area contributed by atoms with Crippen LogP contribution in [0.4, 0.5) is 4.39 Å².